The van der Waals surface area contributed by atoms with Gasteiger partial charge in [-0.2, -0.15) is 0 Å². The minimum Gasteiger partial charge on any atom is -0.340 e. The van der Waals surface area contributed by atoms with Gasteiger partial charge in [0.1, 0.15) is 5.82 Å². The number of rotatable bonds is 3. The third kappa shape index (κ3) is 3.18. The molecule has 3 aliphatic rings. The van der Waals surface area contributed by atoms with Crippen LogP contribution >= 0.6 is 11.6 Å². The fraction of sp³-hybridized carbons (Fsp3) is 0.632. The van der Waals surface area contributed by atoms with E-state index in [1.165, 1.54) is 31.4 Å². The van der Waals surface area contributed by atoms with E-state index in [0.29, 0.717) is 22.8 Å². The molecular formula is C19H24ClFN2O. The van der Waals surface area contributed by atoms with Gasteiger partial charge in [0.2, 0.25) is 5.91 Å². The number of benzene rings is 1. The molecule has 4 rings (SSSR count). The van der Waals surface area contributed by atoms with E-state index in [0.717, 1.165) is 50.6 Å². The van der Waals surface area contributed by atoms with Crippen LogP contribution in [-0.2, 0) is 11.3 Å². The minimum absolute atomic E-state index is 0.293. The van der Waals surface area contributed by atoms with E-state index in [-0.39, 0.29) is 5.82 Å². The molecule has 2 aliphatic carbocycles. The van der Waals surface area contributed by atoms with E-state index in [1.54, 1.807) is 6.07 Å². The summed E-state index contributed by atoms with van der Waals surface area (Å²) in [5.74, 6) is 1.85. The Hall–Kier alpha value is -1.13. The van der Waals surface area contributed by atoms with Gasteiger partial charge in [-0.05, 0) is 48.8 Å². The monoisotopic (exact) mass is 350 g/mol. The van der Waals surface area contributed by atoms with Crippen molar-refractivity contribution in [2.24, 2.45) is 17.8 Å². The number of nitrogens with zero attached hydrogens (tertiary/aromatic N) is 2. The first kappa shape index (κ1) is 16.3. The maximum Gasteiger partial charge on any atom is 0.226 e. The van der Waals surface area contributed by atoms with Crippen LogP contribution in [0.3, 0.4) is 0 Å². The van der Waals surface area contributed by atoms with Gasteiger partial charge in [0.05, 0.1) is 0 Å². The molecule has 130 valence electrons. The van der Waals surface area contributed by atoms with Crippen molar-refractivity contribution < 1.29 is 9.18 Å². The minimum atomic E-state index is -0.301. The molecule has 1 aromatic carbocycles. The predicted octanol–water partition coefficient (Wildman–Crippen LogP) is 3.56. The van der Waals surface area contributed by atoms with Crippen molar-refractivity contribution in [1.29, 1.82) is 0 Å². The number of halogens is 2. The Morgan fingerprint density at radius 3 is 2.58 bits per heavy atom. The third-order valence-electron chi connectivity index (χ3n) is 6.15. The van der Waals surface area contributed by atoms with Crippen LogP contribution in [0, 0.1) is 23.6 Å². The van der Waals surface area contributed by atoms with Gasteiger partial charge < -0.3 is 4.90 Å². The highest BCUT2D eigenvalue weighted by molar-refractivity contribution is 6.31. The van der Waals surface area contributed by atoms with Gasteiger partial charge in [-0.3, -0.25) is 9.69 Å². The molecule has 0 aromatic heterocycles. The molecule has 1 aromatic rings. The lowest BCUT2D eigenvalue weighted by molar-refractivity contribution is -0.139. The second-order valence-corrected chi connectivity index (χ2v) is 8.03. The molecule has 1 amide bonds. The molecule has 3 fully saturated rings. The molecule has 1 saturated heterocycles. The molecule has 2 bridgehead atoms. The van der Waals surface area contributed by atoms with Crippen molar-refractivity contribution in [2.45, 2.75) is 32.2 Å². The molecule has 0 radical (unpaired) electrons. The Kier molecular flexibility index (Phi) is 4.52. The highest BCUT2D eigenvalue weighted by Gasteiger charge is 2.44. The Morgan fingerprint density at radius 2 is 1.96 bits per heavy atom. The van der Waals surface area contributed by atoms with Crippen LogP contribution in [0.15, 0.2) is 18.2 Å². The van der Waals surface area contributed by atoms with E-state index < -0.39 is 0 Å². The summed E-state index contributed by atoms with van der Waals surface area (Å²) >= 11 is 6.12. The Morgan fingerprint density at radius 1 is 1.17 bits per heavy atom. The van der Waals surface area contributed by atoms with Crippen molar-refractivity contribution in [3.63, 3.8) is 0 Å². The molecule has 2 saturated carbocycles. The van der Waals surface area contributed by atoms with E-state index >= 15 is 0 Å². The molecule has 1 aliphatic heterocycles. The normalized spacial score (nSPS) is 30.1. The van der Waals surface area contributed by atoms with E-state index in [2.05, 4.69) is 9.80 Å². The number of piperazine rings is 1. The summed E-state index contributed by atoms with van der Waals surface area (Å²) in [6.07, 6.45) is 4.99. The van der Waals surface area contributed by atoms with Gasteiger partial charge in [-0.15, -0.1) is 0 Å². The Bertz CT molecular complexity index is 630. The van der Waals surface area contributed by atoms with Crippen LogP contribution in [-0.4, -0.2) is 41.9 Å². The van der Waals surface area contributed by atoms with E-state index in [9.17, 15) is 9.18 Å². The zero-order valence-corrected chi connectivity index (χ0v) is 14.6. The summed E-state index contributed by atoms with van der Waals surface area (Å²) in [5, 5.41) is 0.482. The SMILES string of the molecule is O=C(C1CC2CCC1C2)N1CCN(Cc2ccc(F)cc2Cl)CC1. The first-order valence-electron chi connectivity index (χ1n) is 9.05. The second-order valence-electron chi connectivity index (χ2n) is 7.62. The van der Waals surface area contributed by atoms with Gasteiger partial charge in [0.15, 0.2) is 0 Å². The summed E-state index contributed by atoms with van der Waals surface area (Å²) < 4.78 is 13.1. The second kappa shape index (κ2) is 6.64. The lowest BCUT2D eigenvalue weighted by atomic mass is 9.87. The molecule has 0 spiro atoms. The van der Waals surface area contributed by atoms with E-state index in [1.807, 2.05) is 0 Å². The van der Waals surface area contributed by atoms with Crippen molar-refractivity contribution >= 4 is 17.5 Å². The van der Waals surface area contributed by atoms with Crippen LogP contribution in [0.25, 0.3) is 0 Å². The smallest absolute Gasteiger partial charge is 0.226 e. The first-order chi connectivity index (χ1) is 11.6. The number of amides is 1. The van der Waals surface area contributed by atoms with Crippen LogP contribution in [0.4, 0.5) is 4.39 Å². The quantitative estimate of drug-likeness (QED) is 0.832. The molecule has 3 nitrogen and oxygen atoms in total. The zero-order chi connectivity index (χ0) is 16.7. The average Bonchev–Trinajstić information content (AvgIpc) is 3.21. The fourth-order valence-corrected chi connectivity index (χ4v) is 5.03. The van der Waals surface area contributed by atoms with Crippen LogP contribution in [0.5, 0.6) is 0 Å². The van der Waals surface area contributed by atoms with Crippen LogP contribution in [0.2, 0.25) is 5.02 Å². The average molecular weight is 351 g/mol. The van der Waals surface area contributed by atoms with E-state index in [4.69, 9.17) is 11.6 Å². The van der Waals surface area contributed by atoms with Gasteiger partial charge in [0, 0.05) is 43.7 Å². The highest BCUT2D eigenvalue weighted by atomic mass is 35.5. The lowest BCUT2D eigenvalue weighted by Gasteiger charge is -2.37. The summed E-state index contributed by atoms with van der Waals surface area (Å²) in [5.41, 5.74) is 0.950. The summed E-state index contributed by atoms with van der Waals surface area (Å²) in [7, 11) is 0. The Balaban J connectivity index is 1.31. The van der Waals surface area contributed by atoms with Crippen LogP contribution < -0.4 is 0 Å². The number of carbonyl (C=O) groups is 1. The molecule has 0 N–H and O–H groups in total. The topological polar surface area (TPSA) is 23.6 Å². The highest BCUT2D eigenvalue weighted by Crippen LogP contribution is 2.48. The Labute approximate surface area is 147 Å². The molecule has 3 unspecified atom stereocenters. The number of hydrogen-bond donors (Lipinski definition) is 0. The third-order valence-corrected chi connectivity index (χ3v) is 6.50. The maximum absolute atomic E-state index is 13.1. The number of hydrogen-bond acceptors (Lipinski definition) is 2. The van der Waals surface area contributed by atoms with Crippen molar-refractivity contribution in [3.8, 4) is 0 Å². The summed E-state index contributed by atoms with van der Waals surface area (Å²) in [6, 6.07) is 4.58. The summed E-state index contributed by atoms with van der Waals surface area (Å²) in [6.45, 7) is 4.03. The van der Waals surface area contributed by atoms with Gasteiger partial charge >= 0.3 is 0 Å². The number of carbonyl (C=O) groups excluding carboxylic acids is 1. The van der Waals surface area contributed by atoms with Crippen molar-refractivity contribution in [3.05, 3.63) is 34.6 Å². The van der Waals surface area contributed by atoms with Gasteiger partial charge in [-0.25, -0.2) is 4.39 Å². The summed E-state index contributed by atoms with van der Waals surface area (Å²) in [4.78, 5) is 17.2. The molecule has 3 atom stereocenters. The van der Waals surface area contributed by atoms with Crippen LogP contribution in [0.1, 0.15) is 31.2 Å². The number of fused-ring (bicyclic) bond motifs is 2. The van der Waals surface area contributed by atoms with Crippen molar-refractivity contribution in [1.82, 2.24) is 9.80 Å². The lowest BCUT2D eigenvalue weighted by Crippen LogP contribution is -2.50. The molecular weight excluding hydrogens is 327 g/mol. The largest absolute Gasteiger partial charge is 0.340 e. The maximum atomic E-state index is 13.1. The van der Waals surface area contributed by atoms with Crippen molar-refractivity contribution in [2.75, 3.05) is 26.2 Å². The first-order valence-corrected chi connectivity index (χ1v) is 9.43. The fourth-order valence-electron chi connectivity index (χ4n) is 4.80. The predicted molar refractivity (Wildman–Crippen MR) is 92.2 cm³/mol. The zero-order valence-electron chi connectivity index (χ0n) is 13.9. The van der Waals surface area contributed by atoms with Gasteiger partial charge in [0.25, 0.3) is 0 Å². The molecule has 1 heterocycles. The standard InChI is InChI=1S/C19H24ClFN2O/c20-18-11-16(21)4-3-15(18)12-22-5-7-23(8-6-22)19(24)17-10-13-1-2-14(17)9-13/h3-4,11,13-14,17H,1-2,5-10,12H2. The molecule has 5 heteroatoms. The van der Waals surface area contributed by atoms with Gasteiger partial charge in [-0.1, -0.05) is 24.1 Å². The molecule has 24 heavy (non-hydrogen) atoms.